The number of hydrogen-bond donors (Lipinski definition) is 3. The fourth-order valence-corrected chi connectivity index (χ4v) is 1.50. The number of carbonyl (C=O) groups is 1. The number of anilines is 2. The molecule has 0 aliphatic rings. The van der Waals surface area contributed by atoms with Crippen LogP contribution >= 0.6 is 0 Å². The van der Waals surface area contributed by atoms with Gasteiger partial charge in [-0.05, 0) is 19.1 Å². The number of aryl methyl sites for hydroxylation is 1. The molecule has 0 aliphatic carbocycles. The molecular formula is C10H10N6O3. The standard InChI is InChI=1S/C10H10N6O3/c1-5-4-6(2-3-7(5)16(18)19)12-9(17)8-13-10(11)15-14-8/h2-4H,1H3,(H,12,17)(H3,11,13,14,15). The Morgan fingerprint density at radius 2 is 2.26 bits per heavy atom. The third-order valence-corrected chi connectivity index (χ3v) is 2.37. The maximum absolute atomic E-state index is 11.7. The number of nitrogens with one attached hydrogen (secondary N) is 2. The Morgan fingerprint density at radius 3 is 2.79 bits per heavy atom. The second-order valence-corrected chi connectivity index (χ2v) is 3.75. The highest BCUT2D eigenvalue weighted by Gasteiger charge is 2.14. The number of carbonyl (C=O) groups excluding carboxylic acids is 1. The molecule has 1 aromatic carbocycles. The highest BCUT2D eigenvalue weighted by Crippen LogP contribution is 2.21. The number of nitrogen functional groups attached to an aromatic ring is 1. The van der Waals surface area contributed by atoms with Gasteiger partial charge in [0.2, 0.25) is 11.8 Å². The quantitative estimate of drug-likeness (QED) is 0.553. The predicted octanol–water partition coefficient (Wildman–Crippen LogP) is 0.856. The Labute approximate surface area is 107 Å². The minimum atomic E-state index is -0.530. The molecule has 2 rings (SSSR count). The van der Waals surface area contributed by atoms with Gasteiger partial charge in [0.25, 0.3) is 11.6 Å². The van der Waals surface area contributed by atoms with Crippen molar-refractivity contribution in [1.29, 1.82) is 0 Å². The summed E-state index contributed by atoms with van der Waals surface area (Å²) in [6, 6.07) is 4.25. The van der Waals surface area contributed by atoms with Crippen LogP contribution in [0.25, 0.3) is 0 Å². The number of aromatic amines is 1. The van der Waals surface area contributed by atoms with Crippen molar-refractivity contribution in [1.82, 2.24) is 15.2 Å². The molecule has 1 aromatic heterocycles. The zero-order valence-corrected chi connectivity index (χ0v) is 9.88. The molecular weight excluding hydrogens is 252 g/mol. The lowest BCUT2D eigenvalue weighted by Crippen LogP contribution is -2.14. The molecule has 19 heavy (non-hydrogen) atoms. The van der Waals surface area contributed by atoms with Crippen LogP contribution in [0.1, 0.15) is 16.2 Å². The van der Waals surface area contributed by atoms with E-state index < -0.39 is 10.8 Å². The second-order valence-electron chi connectivity index (χ2n) is 3.75. The molecule has 1 amide bonds. The van der Waals surface area contributed by atoms with Crippen LogP contribution in [-0.2, 0) is 0 Å². The summed E-state index contributed by atoms with van der Waals surface area (Å²) < 4.78 is 0. The third-order valence-electron chi connectivity index (χ3n) is 2.37. The maximum atomic E-state index is 11.7. The van der Waals surface area contributed by atoms with Crippen LogP contribution in [0.3, 0.4) is 0 Å². The zero-order chi connectivity index (χ0) is 14.0. The molecule has 9 nitrogen and oxygen atoms in total. The van der Waals surface area contributed by atoms with Crippen LogP contribution < -0.4 is 11.1 Å². The lowest BCUT2D eigenvalue weighted by atomic mass is 10.2. The first-order valence-corrected chi connectivity index (χ1v) is 5.21. The number of nitrogens with zero attached hydrogens (tertiary/aromatic N) is 3. The van der Waals surface area contributed by atoms with Crippen molar-refractivity contribution < 1.29 is 9.72 Å². The van der Waals surface area contributed by atoms with E-state index in [4.69, 9.17) is 5.73 Å². The number of hydrogen-bond acceptors (Lipinski definition) is 6. The van der Waals surface area contributed by atoms with E-state index in [1.54, 1.807) is 6.92 Å². The molecule has 0 aliphatic heterocycles. The fourth-order valence-electron chi connectivity index (χ4n) is 1.50. The smallest absolute Gasteiger partial charge is 0.293 e. The molecule has 0 saturated heterocycles. The van der Waals surface area contributed by atoms with Gasteiger partial charge in [-0.3, -0.25) is 20.0 Å². The lowest BCUT2D eigenvalue weighted by molar-refractivity contribution is -0.385. The van der Waals surface area contributed by atoms with E-state index in [1.165, 1.54) is 18.2 Å². The van der Waals surface area contributed by atoms with Crippen molar-refractivity contribution in [3.05, 3.63) is 39.7 Å². The first-order valence-electron chi connectivity index (χ1n) is 5.21. The summed E-state index contributed by atoms with van der Waals surface area (Å²) in [6.07, 6.45) is 0. The van der Waals surface area contributed by atoms with E-state index in [0.29, 0.717) is 11.3 Å². The number of rotatable bonds is 3. The van der Waals surface area contributed by atoms with Crippen molar-refractivity contribution in [3.8, 4) is 0 Å². The summed E-state index contributed by atoms with van der Waals surface area (Å²) in [5.74, 6) is -0.601. The summed E-state index contributed by atoms with van der Waals surface area (Å²) in [7, 11) is 0. The van der Waals surface area contributed by atoms with Crippen LogP contribution in [0, 0.1) is 17.0 Å². The number of nitro benzene ring substituents is 1. The largest absolute Gasteiger partial charge is 0.366 e. The molecule has 0 fully saturated rings. The van der Waals surface area contributed by atoms with Gasteiger partial charge in [-0.15, -0.1) is 5.10 Å². The predicted molar refractivity (Wildman–Crippen MR) is 66.6 cm³/mol. The average Bonchev–Trinajstić information content (AvgIpc) is 2.75. The molecule has 0 spiro atoms. The summed E-state index contributed by atoms with van der Waals surface area (Å²) in [5, 5.41) is 19.1. The number of aromatic nitrogens is 3. The number of amides is 1. The van der Waals surface area contributed by atoms with E-state index in [-0.39, 0.29) is 17.5 Å². The molecule has 0 saturated carbocycles. The number of nitro groups is 1. The summed E-state index contributed by atoms with van der Waals surface area (Å²) >= 11 is 0. The first-order chi connectivity index (χ1) is 8.97. The molecule has 0 unspecified atom stereocenters. The Morgan fingerprint density at radius 1 is 1.53 bits per heavy atom. The maximum Gasteiger partial charge on any atom is 0.293 e. The van der Waals surface area contributed by atoms with E-state index in [0.717, 1.165) is 0 Å². The van der Waals surface area contributed by atoms with Crippen LogP contribution in [-0.4, -0.2) is 26.0 Å². The Kier molecular flexibility index (Phi) is 3.10. The third kappa shape index (κ3) is 2.65. The minimum absolute atomic E-state index is 0.0121. The van der Waals surface area contributed by atoms with Crippen molar-refractivity contribution >= 4 is 23.2 Å². The Hall–Kier alpha value is -2.97. The van der Waals surface area contributed by atoms with Crippen molar-refractivity contribution in [2.75, 3.05) is 11.1 Å². The van der Waals surface area contributed by atoms with Gasteiger partial charge in [-0.25, -0.2) is 0 Å². The zero-order valence-electron chi connectivity index (χ0n) is 9.88. The van der Waals surface area contributed by atoms with Gasteiger partial charge in [-0.1, -0.05) is 0 Å². The van der Waals surface area contributed by atoms with Crippen LogP contribution in [0.5, 0.6) is 0 Å². The summed E-state index contributed by atoms with van der Waals surface area (Å²) in [6.45, 7) is 1.58. The molecule has 4 N–H and O–H groups in total. The van der Waals surface area contributed by atoms with Gasteiger partial charge in [0.1, 0.15) is 0 Å². The van der Waals surface area contributed by atoms with Crippen molar-refractivity contribution in [3.63, 3.8) is 0 Å². The first kappa shape index (κ1) is 12.5. The molecule has 0 bridgehead atoms. The number of nitrogens with two attached hydrogens (primary N) is 1. The molecule has 0 radical (unpaired) electrons. The van der Waals surface area contributed by atoms with Crippen molar-refractivity contribution in [2.24, 2.45) is 0 Å². The molecule has 2 aromatic rings. The van der Waals surface area contributed by atoms with E-state index in [2.05, 4.69) is 20.5 Å². The monoisotopic (exact) mass is 262 g/mol. The second kappa shape index (κ2) is 4.72. The number of H-pyrrole nitrogens is 1. The van der Waals surface area contributed by atoms with E-state index in [1.807, 2.05) is 0 Å². The molecule has 98 valence electrons. The van der Waals surface area contributed by atoms with Gasteiger partial charge < -0.3 is 11.1 Å². The summed E-state index contributed by atoms with van der Waals surface area (Å²) in [4.78, 5) is 25.6. The van der Waals surface area contributed by atoms with E-state index >= 15 is 0 Å². The van der Waals surface area contributed by atoms with Gasteiger partial charge in [-0.2, -0.15) is 4.98 Å². The Balaban J connectivity index is 2.18. The minimum Gasteiger partial charge on any atom is -0.366 e. The van der Waals surface area contributed by atoms with Crippen molar-refractivity contribution in [2.45, 2.75) is 6.92 Å². The molecule has 0 atom stereocenters. The van der Waals surface area contributed by atoms with Gasteiger partial charge >= 0.3 is 0 Å². The topological polar surface area (TPSA) is 140 Å². The molecule has 1 heterocycles. The number of benzene rings is 1. The average molecular weight is 262 g/mol. The van der Waals surface area contributed by atoms with Crippen LogP contribution in [0.15, 0.2) is 18.2 Å². The normalized spacial score (nSPS) is 10.2. The highest BCUT2D eigenvalue weighted by molar-refractivity contribution is 6.01. The van der Waals surface area contributed by atoms with Crippen LogP contribution in [0.2, 0.25) is 0 Å². The lowest BCUT2D eigenvalue weighted by Gasteiger charge is -2.04. The van der Waals surface area contributed by atoms with Crippen LogP contribution in [0.4, 0.5) is 17.3 Å². The van der Waals surface area contributed by atoms with Gasteiger partial charge in [0.15, 0.2) is 0 Å². The fraction of sp³-hybridized carbons (Fsp3) is 0.100. The van der Waals surface area contributed by atoms with Gasteiger partial charge in [0, 0.05) is 17.3 Å². The summed E-state index contributed by atoms with van der Waals surface area (Å²) in [5.41, 5.74) is 6.13. The Bertz CT molecular complexity index is 650. The highest BCUT2D eigenvalue weighted by atomic mass is 16.6. The van der Waals surface area contributed by atoms with Gasteiger partial charge in [0.05, 0.1) is 4.92 Å². The molecule has 9 heteroatoms. The SMILES string of the molecule is Cc1cc(NC(=O)c2nc(N)n[nH]2)ccc1[N+](=O)[O-]. The van der Waals surface area contributed by atoms with E-state index in [9.17, 15) is 14.9 Å².